The van der Waals surface area contributed by atoms with Crippen molar-refractivity contribution in [1.82, 2.24) is 18.6 Å². The number of rotatable bonds is 4. The quantitative estimate of drug-likeness (QED) is 0.785. The Kier molecular flexibility index (Phi) is 5.07. The van der Waals surface area contributed by atoms with Crippen LogP contribution in [0.3, 0.4) is 0 Å². The van der Waals surface area contributed by atoms with Crippen LogP contribution < -0.4 is 5.32 Å². The molecular weight excluding hydrogens is 322 g/mol. The van der Waals surface area contributed by atoms with E-state index in [1.54, 1.807) is 19.4 Å². The number of hydrogen-bond acceptors (Lipinski definition) is 7. The van der Waals surface area contributed by atoms with Crippen molar-refractivity contribution in [2.45, 2.75) is 6.10 Å². The van der Waals surface area contributed by atoms with Gasteiger partial charge in [-0.25, -0.2) is 4.98 Å². The molecule has 2 aliphatic rings. The van der Waals surface area contributed by atoms with Crippen LogP contribution in [-0.2, 0) is 19.7 Å². The molecule has 10 heteroatoms. The van der Waals surface area contributed by atoms with Crippen molar-refractivity contribution in [3.63, 3.8) is 0 Å². The van der Waals surface area contributed by atoms with Gasteiger partial charge in [-0.15, -0.1) is 0 Å². The van der Waals surface area contributed by atoms with Gasteiger partial charge in [-0.05, 0) is 0 Å². The summed E-state index contributed by atoms with van der Waals surface area (Å²) in [6.07, 6.45) is 2.73. The van der Waals surface area contributed by atoms with E-state index in [9.17, 15) is 8.42 Å². The maximum absolute atomic E-state index is 12.8. The Bertz CT molecular complexity index is 635. The van der Waals surface area contributed by atoms with Gasteiger partial charge in [0, 0.05) is 45.6 Å². The fraction of sp³-hybridized carbons (Fsp3) is 0.692. The highest BCUT2D eigenvalue weighted by Gasteiger charge is 2.36. The van der Waals surface area contributed by atoms with Gasteiger partial charge in [-0.3, -0.25) is 4.98 Å². The van der Waals surface area contributed by atoms with Crippen LogP contribution in [-0.4, -0.2) is 80.0 Å². The fourth-order valence-corrected chi connectivity index (χ4v) is 4.28. The number of morpholine rings is 2. The van der Waals surface area contributed by atoms with Crippen LogP contribution in [0.1, 0.15) is 11.8 Å². The highest BCUT2D eigenvalue weighted by Crippen LogP contribution is 2.27. The molecule has 2 saturated heterocycles. The highest BCUT2D eigenvalue weighted by atomic mass is 32.2. The van der Waals surface area contributed by atoms with E-state index in [1.165, 1.54) is 8.61 Å². The van der Waals surface area contributed by atoms with E-state index in [-0.39, 0.29) is 6.54 Å². The minimum Gasteiger partial charge on any atom is -0.379 e. The van der Waals surface area contributed by atoms with E-state index < -0.39 is 16.3 Å². The van der Waals surface area contributed by atoms with E-state index in [0.29, 0.717) is 51.0 Å². The Morgan fingerprint density at radius 1 is 1.13 bits per heavy atom. The van der Waals surface area contributed by atoms with Gasteiger partial charge in [-0.2, -0.15) is 17.0 Å². The van der Waals surface area contributed by atoms with Crippen molar-refractivity contribution in [2.75, 3.05) is 58.4 Å². The van der Waals surface area contributed by atoms with E-state index in [1.807, 2.05) is 0 Å². The second-order valence-electron chi connectivity index (χ2n) is 5.28. The Labute approximate surface area is 135 Å². The zero-order valence-corrected chi connectivity index (χ0v) is 13.8. The Balaban J connectivity index is 1.77. The Hall–Kier alpha value is -1.33. The molecule has 1 aromatic rings. The molecule has 9 nitrogen and oxygen atoms in total. The summed E-state index contributed by atoms with van der Waals surface area (Å²) < 4.78 is 39.4. The lowest BCUT2D eigenvalue weighted by Crippen LogP contribution is -2.52. The van der Waals surface area contributed by atoms with Crippen LogP contribution in [0.4, 0.5) is 5.82 Å². The monoisotopic (exact) mass is 343 g/mol. The summed E-state index contributed by atoms with van der Waals surface area (Å²) >= 11 is 0. The summed E-state index contributed by atoms with van der Waals surface area (Å²) in [5, 5.41) is 2.96. The molecule has 2 aliphatic heterocycles. The Morgan fingerprint density at radius 2 is 1.83 bits per heavy atom. The van der Waals surface area contributed by atoms with Gasteiger partial charge in [0.1, 0.15) is 17.6 Å². The molecule has 1 atom stereocenters. The van der Waals surface area contributed by atoms with Crippen LogP contribution in [0.5, 0.6) is 0 Å². The lowest BCUT2D eigenvalue weighted by Gasteiger charge is -2.36. The van der Waals surface area contributed by atoms with Crippen molar-refractivity contribution < 1.29 is 17.9 Å². The second-order valence-corrected chi connectivity index (χ2v) is 7.21. The first-order valence-electron chi connectivity index (χ1n) is 7.56. The zero-order valence-electron chi connectivity index (χ0n) is 13.0. The first-order chi connectivity index (χ1) is 11.1. The van der Waals surface area contributed by atoms with Crippen molar-refractivity contribution in [3.05, 3.63) is 18.1 Å². The van der Waals surface area contributed by atoms with E-state index in [0.717, 1.165) is 0 Å². The van der Waals surface area contributed by atoms with Gasteiger partial charge in [0.2, 0.25) is 0 Å². The summed E-state index contributed by atoms with van der Waals surface area (Å²) in [5.74, 6) is 0.600. The highest BCUT2D eigenvalue weighted by molar-refractivity contribution is 7.86. The summed E-state index contributed by atoms with van der Waals surface area (Å²) in [7, 11) is -1.76. The minimum atomic E-state index is -3.51. The molecule has 0 radical (unpaired) electrons. The number of hydrogen-bond donors (Lipinski definition) is 1. The van der Waals surface area contributed by atoms with E-state index in [4.69, 9.17) is 9.47 Å². The van der Waals surface area contributed by atoms with Crippen molar-refractivity contribution in [1.29, 1.82) is 0 Å². The van der Waals surface area contributed by atoms with Crippen LogP contribution in [0, 0.1) is 0 Å². The number of aromatic nitrogens is 2. The Morgan fingerprint density at radius 3 is 2.57 bits per heavy atom. The predicted molar refractivity (Wildman–Crippen MR) is 83.2 cm³/mol. The standard InChI is InChI=1S/C13H21N5O4S/c1-14-13-12(15-2-3-16-13)11-10-18(6-9-22-11)23(19,20)17-4-7-21-8-5-17/h2-3,11H,4-10H2,1H3,(H,14,16). The smallest absolute Gasteiger partial charge is 0.282 e. The molecule has 0 amide bonds. The lowest BCUT2D eigenvalue weighted by molar-refractivity contribution is -0.00820. The summed E-state index contributed by atoms with van der Waals surface area (Å²) in [6, 6.07) is 0. The third-order valence-corrected chi connectivity index (χ3v) is 5.92. The van der Waals surface area contributed by atoms with Crippen LogP contribution in [0.2, 0.25) is 0 Å². The van der Waals surface area contributed by atoms with Crippen LogP contribution >= 0.6 is 0 Å². The molecular formula is C13H21N5O4S. The topological polar surface area (TPSA) is 96.9 Å². The maximum atomic E-state index is 12.8. The van der Waals surface area contributed by atoms with Gasteiger partial charge in [-0.1, -0.05) is 0 Å². The molecule has 128 valence electrons. The van der Waals surface area contributed by atoms with E-state index >= 15 is 0 Å². The van der Waals surface area contributed by atoms with Gasteiger partial charge < -0.3 is 14.8 Å². The largest absolute Gasteiger partial charge is 0.379 e. The van der Waals surface area contributed by atoms with Crippen LogP contribution in [0.25, 0.3) is 0 Å². The molecule has 0 bridgehead atoms. The molecule has 1 unspecified atom stereocenters. The SMILES string of the molecule is CNc1nccnc1C1CN(S(=O)(=O)N2CCOCC2)CCO1. The summed E-state index contributed by atoms with van der Waals surface area (Å²) in [6.45, 7) is 2.53. The minimum absolute atomic E-state index is 0.229. The summed E-state index contributed by atoms with van der Waals surface area (Å²) in [5.41, 5.74) is 0.622. The van der Waals surface area contributed by atoms with Crippen molar-refractivity contribution in [2.24, 2.45) is 0 Å². The number of ether oxygens (including phenoxy) is 2. The average Bonchev–Trinajstić information content (AvgIpc) is 2.62. The van der Waals surface area contributed by atoms with Gasteiger partial charge in [0.15, 0.2) is 0 Å². The van der Waals surface area contributed by atoms with E-state index in [2.05, 4.69) is 15.3 Å². The van der Waals surface area contributed by atoms with Crippen molar-refractivity contribution in [3.8, 4) is 0 Å². The average molecular weight is 343 g/mol. The molecule has 1 aromatic heterocycles. The predicted octanol–water partition coefficient (Wildman–Crippen LogP) is -0.531. The molecule has 23 heavy (non-hydrogen) atoms. The zero-order chi connectivity index (χ0) is 16.3. The molecule has 0 aromatic carbocycles. The van der Waals surface area contributed by atoms with Gasteiger partial charge >= 0.3 is 0 Å². The first-order valence-corrected chi connectivity index (χ1v) is 8.96. The lowest BCUT2D eigenvalue weighted by atomic mass is 10.2. The van der Waals surface area contributed by atoms with Crippen molar-refractivity contribution >= 4 is 16.0 Å². The third-order valence-electron chi connectivity index (χ3n) is 3.92. The number of anilines is 1. The molecule has 0 spiro atoms. The second kappa shape index (κ2) is 7.05. The maximum Gasteiger partial charge on any atom is 0.282 e. The molecule has 2 fully saturated rings. The fourth-order valence-electron chi connectivity index (χ4n) is 2.72. The van der Waals surface area contributed by atoms with Crippen LogP contribution in [0.15, 0.2) is 12.4 Å². The normalized spacial score (nSPS) is 24.5. The molecule has 1 N–H and O–H groups in total. The number of nitrogens with zero attached hydrogens (tertiary/aromatic N) is 4. The van der Waals surface area contributed by atoms with Gasteiger partial charge in [0.05, 0.1) is 19.8 Å². The molecule has 3 heterocycles. The third kappa shape index (κ3) is 3.45. The molecule has 0 saturated carbocycles. The first kappa shape index (κ1) is 16.5. The molecule has 0 aliphatic carbocycles. The molecule has 3 rings (SSSR count). The number of nitrogens with one attached hydrogen (secondary N) is 1. The summed E-state index contributed by atoms with van der Waals surface area (Å²) in [4.78, 5) is 8.50. The van der Waals surface area contributed by atoms with Gasteiger partial charge in [0.25, 0.3) is 10.2 Å².